The number of aromatic nitrogens is 1. The first-order chi connectivity index (χ1) is 8.83. The maximum absolute atomic E-state index is 9.01. The normalized spacial score (nSPS) is 17.6. The Hall–Kier alpha value is -1.44. The third-order valence-corrected chi connectivity index (χ3v) is 3.33. The zero-order chi connectivity index (χ0) is 12.8. The second-order valence-corrected chi connectivity index (χ2v) is 4.55. The van der Waals surface area contributed by atoms with Crippen LogP contribution in [0.2, 0.25) is 0 Å². The number of hydrogen-bond donors (Lipinski definition) is 0. The van der Waals surface area contributed by atoms with Gasteiger partial charge in [0.1, 0.15) is 11.8 Å². The Kier molecular flexibility index (Phi) is 4.68. The van der Waals surface area contributed by atoms with Crippen LogP contribution in [0.5, 0.6) is 0 Å². The van der Waals surface area contributed by atoms with Crippen LogP contribution in [0.3, 0.4) is 0 Å². The molecule has 0 N–H and O–H groups in total. The first-order valence-corrected chi connectivity index (χ1v) is 6.51. The van der Waals surface area contributed by atoms with Gasteiger partial charge in [-0.25, -0.2) is 4.98 Å². The molecule has 1 fully saturated rings. The summed E-state index contributed by atoms with van der Waals surface area (Å²) in [5.74, 6) is 0. The molecule has 1 aromatic heterocycles. The maximum atomic E-state index is 9.01. The highest BCUT2D eigenvalue weighted by atomic mass is 16.5. The number of rotatable bonds is 4. The molecule has 1 aliphatic heterocycles. The third-order valence-electron chi connectivity index (χ3n) is 3.33. The molecule has 4 nitrogen and oxygen atoms in total. The quantitative estimate of drug-likeness (QED) is 0.813. The monoisotopic (exact) mass is 245 g/mol. The molecule has 96 valence electrons. The van der Waals surface area contributed by atoms with Crippen LogP contribution in [0.25, 0.3) is 0 Å². The number of nitriles is 1. The lowest BCUT2D eigenvalue weighted by Gasteiger charge is -2.31. The summed E-state index contributed by atoms with van der Waals surface area (Å²) >= 11 is 0. The topological polar surface area (TPSA) is 49.1 Å². The van der Waals surface area contributed by atoms with E-state index >= 15 is 0 Å². The first kappa shape index (κ1) is 13.0. The summed E-state index contributed by atoms with van der Waals surface area (Å²) in [6, 6.07) is 6.03. The van der Waals surface area contributed by atoms with Gasteiger partial charge in [-0.3, -0.25) is 4.90 Å². The Balaban J connectivity index is 1.90. The summed E-state index contributed by atoms with van der Waals surface area (Å²) in [4.78, 5) is 6.46. The van der Waals surface area contributed by atoms with Gasteiger partial charge in [0.05, 0.1) is 6.10 Å². The van der Waals surface area contributed by atoms with E-state index in [1.165, 1.54) is 0 Å². The lowest BCUT2D eigenvalue weighted by atomic mass is 10.1. The molecular formula is C14H19N3O. The fourth-order valence-electron chi connectivity index (χ4n) is 2.38. The number of nitrogens with zero attached hydrogens (tertiary/aromatic N) is 3. The van der Waals surface area contributed by atoms with E-state index < -0.39 is 0 Å². The average molecular weight is 245 g/mol. The van der Waals surface area contributed by atoms with Crippen molar-refractivity contribution in [3.05, 3.63) is 29.6 Å². The molecule has 18 heavy (non-hydrogen) atoms. The maximum Gasteiger partial charge on any atom is 0.144 e. The molecule has 4 heteroatoms. The second-order valence-electron chi connectivity index (χ2n) is 4.55. The molecule has 0 aromatic carbocycles. The number of pyridine rings is 1. The second kappa shape index (κ2) is 6.48. The van der Waals surface area contributed by atoms with Gasteiger partial charge in [0.25, 0.3) is 0 Å². The van der Waals surface area contributed by atoms with E-state index in [1.807, 2.05) is 19.1 Å². The molecule has 2 rings (SSSR count). The molecule has 0 saturated carbocycles. The van der Waals surface area contributed by atoms with Crippen molar-refractivity contribution >= 4 is 0 Å². The van der Waals surface area contributed by atoms with Gasteiger partial charge in [0.15, 0.2) is 0 Å². The van der Waals surface area contributed by atoms with Crippen LogP contribution in [0.15, 0.2) is 18.3 Å². The zero-order valence-electron chi connectivity index (χ0n) is 10.8. The highest BCUT2D eigenvalue weighted by Gasteiger charge is 2.19. The molecule has 0 amide bonds. The Bertz CT molecular complexity index is 419. The Morgan fingerprint density at radius 1 is 1.50 bits per heavy atom. The van der Waals surface area contributed by atoms with Crippen molar-refractivity contribution in [2.45, 2.75) is 32.4 Å². The van der Waals surface area contributed by atoms with Crippen molar-refractivity contribution in [2.24, 2.45) is 0 Å². The molecule has 2 heterocycles. The van der Waals surface area contributed by atoms with E-state index in [0.29, 0.717) is 11.8 Å². The number of hydrogen-bond acceptors (Lipinski definition) is 4. The van der Waals surface area contributed by atoms with E-state index in [-0.39, 0.29) is 0 Å². The van der Waals surface area contributed by atoms with E-state index in [0.717, 1.165) is 44.6 Å². The Labute approximate surface area is 108 Å². The summed E-state index contributed by atoms with van der Waals surface area (Å²) in [5, 5.41) is 9.01. The van der Waals surface area contributed by atoms with Gasteiger partial charge in [-0.2, -0.15) is 5.26 Å². The van der Waals surface area contributed by atoms with Crippen LogP contribution in [0.4, 0.5) is 0 Å². The minimum absolute atomic E-state index is 0.413. The van der Waals surface area contributed by atoms with Crippen molar-refractivity contribution in [2.75, 3.05) is 19.7 Å². The molecule has 1 saturated heterocycles. The Morgan fingerprint density at radius 3 is 2.94 bits per heavy atom. The highest BCUT2D eigenvalue weighted by Crippen LogP contribution is 2.17. The smallest absolute Gasteiger partial charge is 0.144 e. The minimum Gasteiger partial charge on any atom is -0.378 e. The summed E-state index contributed by atoms with van der Waals surface area (Å²) in [6.07, 6.45) is 4.24. The van der Waals surface area contributed by atoms with Crippen molar-refractivity contribution in [1.82, 2.24) is 9.88 Å². The van der Waals surface area contributed by atoms with Gasteiger partial charge in [0, 0.05) is 38.0 Å². The SMILES string of the molecule is CCOC1CCN(Cc2cccnc2C#N)CC1. The van der Waals surface area contributed by atoms with Gasteiger partial charge >= 0.3 is 0 Å². The summed E-state index contributed by atoms with van der Waals surface area (Å²) in [7, 11) is 0. The molecule has 0 atom stereocenters. The van der Waals surface area contributed by atoms with E-state index in [4.69, 9.17) is 10.00 Å². The molecule has 0 spiro atoms. The lowest BCUT2D eigenvalue weighted by Crippen LogP contribution is -2.36. The van der Waals surface area contributed by atoms with Crippen molar-refractivity contribution in [3.8, 4) is 6.07 Å². The first-order valence-electron chi connectivity index (χ1n) is 6.51. The highest BCUT2D eigenvalue weighted by molar-refractivity contribution is 5.30. The van der Waals surface area contributed by atoms with Gasteiger partial charge in [-0.05, 0) is 25.8 Å². The van der Waals surface area contributed by atoms with Crippen LogP contribution in [-0.2, 0) is 11.3 Å². The molecular weight excluding hydrogens is 226 g/mol. The van der Waals surface area contributed by atoms with Crippen LogP contribution in [0.1, 0.15) is 31.0 Å². The molecule has 0 bridgehead atoms. The predicted octanol–water partition coefficient (Wildman–Crippen LogP) is 1.95. The van der Waals surface area contributed by atoms with Crippen LogP contribution < -0.4 is 0 Å². The molecule has 0 aliphatic carbocycles. The number of ether oxygens (including phenoxy) is 1. The Morgan fingerprint density at radius 2 is 2.28 bits per heavy atom. The average Bonchev–Trinajstić information content (AvgIpc) is 2.42. The van der Waals surface area contributed by atoms with E-state index in [9.17, 15) is 0 Å². The fourth-order valence-corrected chi connectivity index (χ4v) is 2.38. The molecule has 1 aliphatic rings. The van der Waals surface area contributed by atoms with Crippen LogP contribution in [0, 0.1) is 11.3 Å². The number of likely N-dealkylation sites (tertiary alicyclic amines) is 1. The van der Waals surface area contributed by atoms with Crippen LogP contribution >= 0.6 is 0 Å². The largest absolute Gasteiger partial charge is 0.378 e. The molecule has 1 aromatic rings. The van der Waals surface area contributed by atoms with Gasteiger partial charge in [0.2, 0.25) is 0 Å². The van der Waals surface area contributed by atoms with Gasteiger partial charge in [-0.1, -0.05) is 6.07 Å². The standard InChI is InChI=1S/C14H19N3O/c1-2-18-13-5-8-17(9-6-13)11-12-4-3-7-16-14(12)10-15/h3-4,7,13H,2,5-6,8-9,11H2,1H3. The van der Waals surface area contributed by atoms with Gasteiger partial charge < -0.3 is 4.74 Å². The lowest BCUT2D eigenvalue weighted by molar-refractivity contribution is 0.0125. The predicted molar refractivity (Wildman–Crippen MR) is 68.9 cm³/mol. The molecule has 0 unspecified atom stereocenters. The summed E-state index contributed by atoms with van der Waals surface area (Å²) in [5.41, 5.74) is 1.57. The summed E-state index contributed by atoms with van der Waals surface area (Å²) < 4.78 is 5.63. The number of piperidine rings is 1. The zero-order valence-corrected chi connectivity index (χ0v) is 10.8. The van der Waals surface area contributed by atoms with Crippen molar-refractivity contribution < 1.29 is 4.74 Å². The summed E-state index contributed by atoms with van der Waals surface area (Å²) in [6.45, 7) is 5.72. The van der Waals surface area contributed by atoms with Crippen LogP contribution in [-0.4, -0.2) is 35.7 Å². The minimum atomic E-state index is 0.413. The third kappa shape index (κ3) is 3.28. The molecule has 0 radical (unpaired) electrons. The van der Waals surface area contributed by atoms with Crippen molar-refractivity contribution in [1.29, 1.82) is 5.26 Å². The van der Waals surface area contributed by atoms with E-state index in [2.05, 4.69) is 16.0 Å². The van der Waals surface area contributed by atoms with E-state index in [1.54, 1.807) is 6.20 Å². The van der Waals surface area contributed by atoms with Gasteiger partial charge in [-0.15, -0.1) is 0 Å². The fraction of sp³-hybridized carbons (Fsp3) is 0.571. The van der Waals surface area contributed by atoms with Crippen molar-refractivity contribution in [3.63, 3.8) is 0 Å².